The summed E-state index contributed by atoms with van der Waals surface area (Å²) in [5.41, 5.74) is 8.54. The van der Waals surface area contributed by atoms with Gasteiger partial charge in [0.15, 0.2) is 0 Å². The van der Waals surface area contributed by atoms with E-state index in [9.17, 15) is 0 Å². The van der Waals surface area contributed by atoms with E-state index >= 15 is 0 Å². The number of nitrogens with two attached hydrogens (primary N) is 1. The number of aryl methyl sites for hydroxylation is 1. The van der Waals surface area contributed by atoms with Crippen LogP contribution in [0.3, 0.4) is 0 Å². The van der Waals surface area contributed by atoms with E-state index in [1.54, 1.807) is 0 Å². The van der Waals surface area contributed by atoms with Crippen LogP contribution in [-0.2, 0) is 12.0 Å². The monoisotopic (exact) mass is 190 g/mol. The zero-order valence-electron chi connectivity index (χ0n) is 8.79. The first-order valence-electron chi connectivity index (χ1n) is 5.49. The maximum atomic E-state index is 6.31. The van der Waals surface area contributed by atoms with Gasteiger partial charge in [0.25, 0.3) is 0 Å². The normalized spacial score (nSPS) is 19.9. The SMILES string of the molecule is CCc1ccc(C2(N)CCCC2)nc1. The third-order valence-electron chi connectivity index (χ3n) is 3.24. The highest BCUT2D eigenvalue weighted by Gasteiger charge is 2.32. The van der Waals surface area contributed by atoms with Crippen LogP contribution in [0.4, 0.5) is 0 Å². The van der Waals surface area contributed by atoms with E-state index < -0.39 is 0 Å². The zero-order valence-corrected chi connectivity index (χ0v) is 8.79. The van der Waals surface area contributed by atoms with Crippen LogP contribution in [0, 0.1) is 0 Å². The smallest absolute Gasteiger partial charge is 0.0602 e. The molecule has 14 heavy (non-hydrogen) atoms. The third-order valence-corrected chi connectivity index (χ3v) is 3.24. The molecule has 0 amide bonds. The average molecular weight is 190 g/mol. The van der Waals surface area contributed by atoms with Crippen molar-refractivity contribution in [1.82, 2.24) is 4.98 Å². The molecule has 2 nitrogen and oxygen atoms in total. The zero-order chi connectivity index (χ0) is 10.0. The van der Waals surface area contributed by atoms with Gasteiger partial charge >= 0.3 is 0 Å². The summed E-state index contributed by atoms with van der Waals surface area (Å²) < 4.78 is 0. The van der Waals surface area contributed by atoms with Crippen molar-refractivity contribution in [2.45, 2.75) is 44.6 Å². The van der Waals surface area contributed by atoms with Crippen LogP contribution in [0.15, 0.2) is 18.3 Å². The number of pyridine rings is 1. The summed E-state index contributed by atoms with van der Waals surface area (Å²) in [4.78, 5) is 4.48. The highest BCUT2D eigenvalue weighted by Crippen LogP contribution is 2.34. The molecule has 2 rings (SSSR count). The molecule has 1 aliphatic rings. The molecule has 0 spiro atoms. The van der Waals surface area contributed by atoms with Crippen LogP contribution in [-0.4, -0.2) is 4.98 Å². The Morgan fingerprint density at radius 3 is 2.57 bits per heavy atom. The number of aromatic nitrogens is 1. The molecule has 0 aliphatic heterocycles. The molecule has 1 heterocycles. The first kappa shape index (κ1) is 9.66. The van der Waals surface area contributed by atoms with Crippen LogP contribution in [0.1, 0.15) is 43.9 Å². The number of nitrogens with zero attached hydrogens (tertiary/aromatic N) is 1. The molecule has 76 valence electrons. The first-order valence-corrected chi connectivity index (χ1v) is 5.49. The Bertz CT molecular complexity index is 297. The van der Waals surface area contributed by atoms with E-state index in [1.807, 2.05) is 6.20 Å². The van der Waals surface area contributed by atoms with Crippen molar-refractivity contribution >= 4 is 0 Å². The lowest BCUT2D eigenvalue weighted by Gasteiger charge is -2.22. The molecule has 0 atom stereocenters. The molecule has 0 radical (unpaired) electrons. The molecule has 1 aliphatic carbocycles. The van der Waals surface area contributed by atoms with Crippen molar-refractivity contribution in [2.75, 3.05) is 0 Å². The van der Waals surface area contributed by atoms with Crippen molar-refractivity contribution in [3.05, 3.63) is 29.6 Å². The van der Waals surface area contributed by atoms with Crippen molar-refractivity contribution < 1.29 is 0 Å². The molecule has 2 heteroatoms. The standard InChI is InChI=1S/C12H18N2/c1-2-10-5-6-11(14-9-10)12(13)7-3-4-8-12/h5-6,9H,2-4,7-8,13H2,1H3. The summed E-state index contributed by atoms with van der Waals surface area (Å²) in [5, 5.41) is 0. The molecule has 0 unspecified atom stereocenters. The van der Waals surface area contributed by atoms with E-state index in [1.165, 1.54) is 18.4 Å². The summed E-state index contributed by atoms with van der Waals surface area (Å²) in [5.74, 6) is 0. The lowest BCUT2D eigenvalue weighted by atomic mass is 9.94. The van der Waals surface area contributed by atoms with Crippen molar-refractivity contribution in [2.24, 2.45) is 5.73 Å². The van der Waals surface area contributed by atoms with Gasteiger partial charge in [-0.1, -0.05) is 25.8 Å². The molecule has 0 saturated heterocycles. The van der Waals surface area contributed by atoms with Gasteiger partial charge in [0, 0.05) is 6.20 Å². The molecule has 1 fully saturated rings. The van der Waals surface area contributed by atoms with E-state index in [0.29, 0.717) is 0 Å². The topological polar surface area (TPSA) is 38.9 Å². The van der Waals surface area contributed by atoms with Gasteiger partial charge in [-0.05, 0) is 30.9 Å². The van der Waals surface area contributed by atoms with Gasteiger partial charge in [-0.25, -0.2) is 0 Å². The summed E-state index contributed by atoms with van der Waals surface area (Å²) in [7, 11) is 0. The molecule has 2 N–H and O–H groups in total. The largest absolute Gasteiger partial charge is 0.320 e. The Labute approximate surface area is 85.5 Å². The number of rotatable bonds is 2. The second kappa shape index (κ2) is 3.70. The fraction of sp³-hybridized carbons (Fsp3) is 0.583. The van der Waals surface area contributed by atoms with Gasteiger partial charge < -0.3 is 5.73 Å². The summed E-state index contributed by atoms with van der Waals surface area (Å²) in [6, 6.07) is 4.25. The van der Waals surface area contributed by atoms with Crippen LogP contribution in [0.2, 0.25) is 0 Å². The fourth-order valence-corrected chi connectivity index (χ4v) is 2.19. The minimum absolute atomic E-state index is 0.133. The third kappa shape index (κ3) is 1.67. The van der Waals surface area contributed by atoms with Gasteiger partial charge in [-0.15, -0.1) is 0 Å². The molecule has 0 aromatic carbocycles. The lowest BCUT2D eigenvalue weighted by molar-refractivity contribution is 0.447. The Balaban J connectivity index is 2.23. The summed E-state index contributed by atoms with van der Waals surface area (Å²) in [6.45, 7) is 2.14. The second-order valence-electron chi connectivity index (χ2n) is 4.27. The molecule has 0 bridgehead atoms. The van der Waals surface area contributed by atoms with Gasteiger partial charge in [-0.3, -0.25) is 4.98 Å². The van der Waals surface area contributed by atoms with Crippen LogP contribution in [0.5, 0.6) is 0 Å². The average Bonchev–Trinajstić information content (AvgIpc) is 2.67. The minimum atomic E-state index is -0.133. The van der Waals surface area contributed by atoms with E-state index in [2.05, 4.69) is 24.0 Å². The maximum absolute atomic E-state index is 6.31. The lowest BCUT2D eigenvalue weighted by Crippen LogP contribution is -2.34. The summed E-state index contributed by atoms with van der Waals surface area (Å²) >= 11 is 0. The van der Waals surface area contributed by atoms with Crippen LogP contribution >= 0.6 is 0 Å². The van der Waals surface area contributed by atoms with Gasteiger partial charge in [0.1, 0.15) is 0 Å². The highest BCUT2D eigenvalue weighted by molar-refractivity contribution is 5.21. The molecule has 1 aromatic rings. The quantitative estimate of drug-likeness (QED) is 0.777. The van der Waals surface area contributed by atoms with E-state index in [4.69, 9.17) is 5.73 Å². The Kier molecular flexibility index (Phi) is 2.55. The van der Waals surface area contributed by atoms with Crippen molar-refractivity contribution in [3.63, 3.8) is 0 Å². The molecular formula is C12H18N2. The highest BCUT2D eigenvalue weighted by atomic mass is 14.8. The van der Waals surface area contributed by atoms with Crippen molar-refractivity contribution in [1.29, 1.82) is 0 Å². The predicted molar refractivity (Wildman–Crippen MR) is 57.9 cm³/mol. The molecule has 1 aromatic heterocycles. The van der Waals surface area contributed by atoms with Gasteiger partial charge in [0.2, 0.25) is 0 Å². The molecular weight excluding hydrogens is 172 g/mol. The molecule has 1 saturated carbocycles. The maximum Gasteiger partial charge on any atom is 0.0602 e. The Hall–Kier alpha value is -0.890. The van der Waals surface area contributed by atoms with Crippen LogP contribution < -0.4 is 5.73 Å². The number of hydrogen-bond donors (Lipinski definition) is 1. The van der Waals surface area contributed by atoms with E-state index in [0.717, 1.165) is 25.0 Å². The van der Waals surface area contributed by atoms with Crippen LogP contribution in [0.25, 0.3) is 0 Å². The summed E-state index contributed by atoms with van der Waals surface area (Å²) in [6.07, 6.45) is 7.67. The van der Waals surface area contributed by atoms with Gasteiger partial charge in [-0.2, -0.15) is 0 Å². The van der Waals surface area contributed by atoms with Crippen molar-refractivity contribution in [3.8, 4) is 0 Å². The second-order valence-corrected chi connectivity index (χ2v) is 4.27. The van der Waals surface area contributed by atoms with Gasteiger partial charge in [0.05, 0.1) is 11.2 Å². The Morgan fingerprint density at radius 2 is 2.07 bits per heavy atom. The number of hydrogen-bond acceptors (Lipinski definition) is 2. The first-order chi connectivity index (χ1) is 6.74. The Morgan fingerprint density at radius 1 is 1.36 bits per heavy atom. The predicted octanol–water partition coefficient (Wildman–Crippen LogP) is 2.37. The van der Waals surface area contributed by atoms with E-state index in [-0.39, 0.29) is 5.54 Å². The minimum Gasteiger partial charge on any atom is -0.320 e. The fourth-order valence-electron chi connectivity index (χ4n) is 2.19.